The van der Waals surface area contributed by atoms with Gasteiger partial charge in [-0.2, -0.15) is 0 Å². The van der Waals surface area contributed by atoms with E-state index in [9.17, 15) is 14.4 Å². The highest BCUT2D eigenvalue weighted by atomic mass is 16.5. The van der Waals surface area contributed by atoms with Gasteiger partial charge in [0.25, 0.3) is 17.3 Å². The van der Waals surface area contributed by atoms with Gasteiger partial charge in [-0.15, -0.1) is 0 Å². The van der Waals surface area contributed by atoms with Gasteiger partial charge in [-0.1, -0.05) is 195 Å². The molecule has 0 amide bonds. The predicted molar refractivity (Wildman–Crippen MR) is 272 cm³/mol. The van der Waals surface area contributed by atoms with Crippen LogP contribution in [-0.4, -0.2) is 68.8 Å². The summed E-state index contributed by atoms with van der Waals surface area (Å²) in [7, 11) is 4.16. The summed E-state index contributed by atoms with van der Waals surface area (Å²) in [6.07, 6.45) is 43.4. The second kappa shape index (κ2) is 44.8. The van der Waals surface area contributed by atoms with Gasteiger partial charge in [-0.05, 0) is 84.3 Å². The Bertz CT molecular complexity index is 1210. The van der Waals surface area contributed by atoms with Gasteiger partial charge in [0, 0.05) is 26.1 Å². The van der Waals surface area contributed by atoms with Crippen LogP contribution in [0.3, 0.4) is 0 Å². The number of ether oxygens (including phenoxy) is 1. The van der Waals surface area contributed by atoms with Crippen molar-refractivity contribution in [1.29, 1.82) is 0 Å². The standard InChI is InChI=1S/C53H101N3O4.CH2O2/c1-7-11-14-17-23-30-40-48(41-31-24-18-15-12-8-2)60-49(57)42-32-25-20-27-35-46-56(51-50(52(58)53(51)59)54-43-33-36-44-55(5)6)45-34-26-19-22-29-39-47(37-10-4)38-28-21-16-13-9-3;2-1-3/h47-48,54H,7-46H2,1-6H3;1H,(H,2,3). The SMILES string of the molecule is CCCCCCCCC(CCCCCCCC)OC(=O)CCCCCCCN(CCCCCCCC(CCC)CCCCCCC)c1c(NCCCCN(C)C)c(=O)c1=O.O=CO. The van der Waals surface area contributed by atoms with Gasteiger partial charge in [-0.3, -0.25) is 19.2 Å². The first-order valence-corrected chi connectivity index (χ1v) is 26.9. The lowest BCUT2D eigenvalue weighted by molar-refractivity contribution is -0.150. The summed E-state index contributed by atoms with van der Waals surface area (Å²) < 4.78 is 6.09. The molecule has 0 saturated carbocycles. The van der Waals surface area contributed by atoms with Gasteiger partial charge < -0.3 is 25.0 Å². The van der Waals surface area contributed by atoms with Crippen LogP contribution in [0.1, 0.15) is 259 Å². The first kappa shape index (κ1) is 60.6. The Morgan fingerprint density at radius 2 is 0.952 bits per heavy atom. The molecule has 9 nitrogen and oxygen atoms in total. The molecule has 1 atom stereocenters. The lowest BCUT2D eigenvalue weighted by Crippen LogP contribution is -2.43. The van der Waals surface area contributed by atoms with Gasteiger partial charge in [0.1, 0.15) is 17.5 Å². The fraction of sp³-hybridized carbons (Fsp3) is 0.889. The first-order valence-electron chi connectivity index (χ1n) is 26.9. The molecule has 1 aromatic carbocycles. The number of rotatable bonds is 46. The van der Waals surface area contributed by atoms with Crippen molar-refractivity contribution in [1.82, 2.24) is 4.90 Å². The van der Waals surface area contributed by atoms with E-state index in [0.29, 0.717) is 17.8 Å². The smallest absolute Gasteiger partial charge is 0.306 e. The van der Waals surface area contributed by atoms with Gasteiger partial charge in [0.2, 0.25) is 0 Å². The third-order valence-corrected chi connectivity index (χ3v) is 12.9. The summed E-state index contributed by atoms with van der Waals surface area (Å²) in [6.45, 7) is 12.3. The Morgan fingerprint density at radius 1 is 0.540 bits per heavy atom. The van der Waals surface area contributed by atoms with Crippen LogP contribution in [0.25, 0.3) is 0 Å². The number of unbranched alkanes of at least 4 members (excludes halogenated alkanes) is 23. The van der Waals surface area contributed by atoms with Crippen molar-refractivity contribution in [3.05, 3.63) is 20.4 Å². The van der Waals surface area contributed by atoms with Crippen LogP contribution in [0.5, 0.6) is 0 Å². The zero-order chi connectivity index (χ0) is 46.6. The number of carbonyl (C=O) groups is 2. The van der Waals surface area contributed by atoms with E-state index in [2.05, 4.69) is 56.9 Å². The van der Waals surface area contributed by atoms with Gasteiger partial charge in [0.05, 0.1) is 0 Å². The summed E-state index contributed by atoms with van der Waals surface area (Å²) >= 11 is 0. The second-order valence-electron chi connectivity index (χ2n) is 19.1. The van der Waals surface area contributed by atoms with E-state index in [-0.39, 0.29) is 29.4 Å². The van der Waals surface area contributed by atoms with E-state index in [1.54, 1.807) is 0 Å². The van der Waals surface area contributed by atoms with Crippen molar-refractivity contribution in [3.8, 4) is 0 Å². The lowest BCUT2D eigenvalue weighted by atomic mass is 9.91. The first-order chi connectivity index (χ1) is 30.7. The van der Waals surface area contributed by atoms with Crippen LogP contribution >= 0.6 is 0 Å². The quantitative estimate of drug-likeness (QED) is 0.0286. The zero-order valence-electron chi connectivity index (χ0n) is 42.4. The molecule has 0 spiro atoms. The molecule has 1 unspecified atom stereocenters. The molecule has 0 radical (unpaired) electrons. The molecule has 63 heavy (non-hydrogen) atoms. The molecule has 0 aromatic heterocycles. The maximum atomic E-state index is 13.0. The van der Waals surface area contributed by atoms with E-state index < -0.39 is 0 Å². The van der Waals surface area contributed by atoms with Gasteiger partial charge in [-0.25, -0.2) is 0 Å². The molecule has 0 heterocycles. The largest absolute Gasteiger partial charge is 0.483 e. The van der Waals surface area contributed by atoms with E-state index in [1.807, 2.05) is 0 Å². The van der Waals surface area contributed by atoms with E-state index in [0.717, 1.165) is 96.3 Å². The lowest BCUT2D eigenvalue weighted by Gasteiger charge is -2.28. The molecule has 370 valence electrons. The van der Waals surface area contributed by atoms with Crippen molar-refractivity contribution in [2.24, 2.45) is 5.92 Å². The van der Waals surface area contributed by atoms with Crippen molar-refractivity contribution in [2.45, 2.75) is 265 Å². The van der Waals surface area contributed by atoms with Crippen molar-refractivity contribution >= 4 is 23.8 Å². The number of esters is 1. The van der Waals surface area contributed by atoms with Crippen LogP contribution in [-0.2, 0) is 14.3 Å². The molecule has 0 bridgehead atoms. The predicted octanol–water partition coefficient (Wildman–Crippen LogP) is 14.4. The molecule has 0 aliphatic heterocycles. The maximum Gasteiger partial charge on any atom is 0.306 e. The highest BCUT2D eigenvalue weighted by molar-refractivity contribution is 5.75. The summed E-state index contributed by atoms with van der Waals surface area (Å²) in [5.41, 5.74) is 0.523. The molecule has 0 fully saturated rings. The molecule has 1 aromatic rings. The van der Waals surface area contributed by atoms with Crippen LogP contribution in [0, 0.1) is 5.92 Å². The monoisotopic (exact) mass is 890 g/mol. The zero-order valence-corrected chi connectivity index (χ0v) is 42.4. The number of carbonyl (C=O) groups excluding carboxylic acids is 1. The van der Waals surface area contributed by atoms with Crippen molar-refractivity contribution in [2.75, 3.05) is 50.5 Å². The molecule has 0 aliphatic rings. The van der Waals surface area contributed by atoms with E-state index >= 15 is 0 Å². The van der Waals surface area contributed by atoms with Crippen molar-refractivity contribution < 1.29 is 19.4 Å². The number of nitrogens with zero attached hydrogens (tertiary/aromatic N) is 2. The number of carboxylic acid groups (broad SMARTS) is 1. The fourth-order valence-electron chi connectivity index (χ4n) is 9.01. The minimum atomic E-state index is -0.345. The van der Waals surface area contributed by atoms with E-state index in [1.165, 1.54) is 161 Å². The third kappa shape index (κ3) is 34.6. The molecular formula is C54H103N3O6. The molecule has 9 heteroatoms. The highest BCUT2D eigenvalue weighted by Crippen LogP contribution is 2.25. The molecule has 0 saturated heterocycles. The Morgan fingerprint density at radius 3 is 1.41 bits per heavy atom. The van der Waals surface area contributed by atoms with Gasteiger partial charge >= 0.3 is 5.97 Å². The van der Waals surface area contributed by atoms with Crippen LogP contribution in [0.2, 0.25) is 0 Å². The summed E-state index contributed by atoms with van der Waals surface area (Å²) in [6, 6.07) is 0. The average Bonchev–Trinajstić information content (AvgIpc) is 3.26. The van der Waals surface area contributed by atoms with Gasteiger partial charge in [0.15, 0.2) is 0 Å². The minimum Gasteiger partial charge on any atom is -0.483 e. The van der Waals surface area contributed by atoms with E-state index in [4.69, 9.17) is 14.6 Å². The Hall–Kier alpha value is -2.42. The molecular weight excluding hydrogens is 787 g/mol. The van der Waals surface area contributed by atoms with Crippen molar-refractivity contribution in [3.63, 3.8) is 0 Å². The van der Waals surface area contributed by atoms with Crippen LogP contribution in [0.4, 0.5) is 11.4 Å². The second-order valence-corrected chi connectivity index (χ2v) is 19.1. The molecule has 1 rings (SSSR count). The third-order valence-electron chi connectivity index (χ3n) is 12.9. The topological polar surface area (TPSA) is 116 Å². The van der Waals surface area contributed by atoms with Crippen LogP contribution < -0.4 is 21.1 Å². The molecule has 0 aliphatic carbocycles. The number of hydrogen-bond acceptors (Lipinski definition) is 8. The number of anilines is 2. The molecule has 2 N–H and O–H groups in total. The number of hydrogen-bond donors (Lipinski definition) is 2. The Labute approximate surface area is 388 Å². The maximum absolute atomic E-state index is 13.0. The summed E-state index contributed by atoms with van der Waals surface area (Å²) in [5, 5.41) is 10.2. The Kier molecular flexibility index (Phi) is 43.0. The normalized spacial score (nSPS) is 11.9. The summed E-state index contributed by atoms with van der Waals surface area (Å²) in [4.78, 5) is 51.4. The highest BCUT2D eigenvalue weighted by Gasteiger charge is 2.25. The summed E-state index contributed by atoms with van der Waals surface area (Å²) in [5.74, 6) is 0.888. The minimum absolute atomic E-state index is 0.0106. The number of nitrogens with one attached hydrogen (secondary N) is 1. The fourth-order valence-corrected chi connectivity index (χ4v) is 9.01. The average molecular weight is 890 g/mol. The van der Waals surface area contributed by atoms with Crippen LogP contribution in [0.15, 0.2) is 9.59 Å². The Balaban J connectivity index is 0.0000124.